The van der Waals surface area contributed by atoms with Crippen molar-refractivity contribution in [3.8, 4) is 11.8 Å². The lowest BCUT2D eigenvalue weighted by Gasteiger charge is -2.26. The number of hydrogen-bond donors (Lipinski definition) is 0. The molecule has 0 spiro atoms. The van der Waals surface area contributed by atoms with Gasteiger partial charge in [0.2, 0.25) is 0 Å². The lowest BCUT2D eigenvalue weighted by molar-refractivity contribution is 0.0945. The smallest absolute Gasteiger partial charge is 0.409 e. The van der Waals surface area contributed by atoms with Crippen molar-refractivity contribution >= 4 is 6.09 Å². The Morgan fingerprint density at radius 2 is 2.33 bits per heavy atom. The van der Waals surface area contributed by atoms with Crippen molar-refractivity contribution in [3.05, 3.63) is 0 Å². The highest BCUT2D eigenvalue weighted by Gasteiger charge is 2.20. The van der Waals surface area contributed by atoms with E-state index in [0.29, 0.717) is 6.61 Å². The van der Waals surface area contributed by atoms with Crippen molar-refractivity contribution in [2.45, 2.75) is 45.1 Å². The van der Waals surface area contributed by atoms with E-state index in [1.54, 1.807) is 11.9 Å². The largest absolute Gasteiger partial charge is 0.449 e. The summed E-state index contributed by atoms with van der Waals surface area (Å²) >= 11 is 0. The third-order valence-electron chi connectivity index (χ3n) is 2.62. The Morgan fingerprint density at radius 1 is 1.53 bits per heavy atom. The molecule has 0 radical (unpaired) electrons. The van der Waals surface area contributed by atoms with E-state index in [-0.39, 0.29) is 12.1 Å². The maximum Gasteiger partial charge on any atom is 0.409 e. The zero-order valence-corrected chi connectivity index (χ0v) is 9.58. The number of carbonyl (C=O) groups excluding carboxylic acids is 1. The van der Waals surface area contributed by atoms with Gasteiger partial charge in [-0.05, 0) is 12.8 Å². The van der Waals surface area contributed by atoms with E-state index < -0.39 is 0 Å². The minimum atomic E-state index is -0.211. The molecule has 1 unspecified atom stereocenters. The third kappa shape index (κ3) is 3.83. The average Bonchev–Trinajstić information content (AvgIpc) is 2.29. The molecule has 3 heteroatoms. The van der Waals surface area contributed by atoms with E-state index in [9.17, 15) is 4.79 Å². The number of carbonyl (C=O) groups is 1. The van der Waals surface area contributed by atoms with Gasteiger partial charge < -0.3 is 9.64 Å². The number of amides is 1. The van der Waals surface area contributed by atoms with E-state index in [0.717, 1.165) is 32.1 Å². The summed E-state index contributed by atoms with van der Waals surface area (Å²) in [6.07, 6.45) is 4.40. The summed E-state index contributed by atoms with van der Waals surface area (Å²) in [7, 11) is 1.80. The zero-order chi connectivity index (χ0) is 11.1. The van der Waals surface area contributed by atoms with Crippen LogP contribution in [0.5, 0.6) is 0 Å². The van der Waals surface area contributed by atoms with E-state index in [1.807, 2.05) is 0 Å². The topological polar surface area (TPSA) is 29.5 Å². The minimum Gasteiger partial charge on any atom is -0.449 e. The summed E-state index contributed by atoms with van der Waals surface area (Å²) in [4.78, 5) is 13.3. The molecule has 0 bridgehead atoms. The van der Waals surface area contributed by atoms with Gasteiger partial charge in [0.25, 0.3) is 0 Å². The van der Waals surface area contributed by atoms with Gasteiger partial charge in [-0.1, -0.05) is 13.3 Å². The van der Waals surface area contributed by atoms with Crippen molar-refractivity contribution in [2.24, 2.45) is 0 Å². The van der Waals surface area contributed by atoms with Crippen molar-refractivity contribution in [1.29, 1.82) is 0 Å². The predicted molar refractivity (Wildman–Crippen MR) is 59.4 cm³/mol. The van der Waals surface area contributed by atoms with Crippen LogP contribution in [0.25, 0.3) is 0 Å². The lowest BCUT2D eigenvalue weighted by atomic mass is 10.0. The van der Waals surface area contributed by atoms with Crippen LogP contribution in [0.2, 0.25) is 0 Å². The molecule has 1 atom stereocenters. The first kappa shape index (κ1) is 11.9. The number of unbranched alkanes of at least 4 members (excludes halogenated alkanes) is 1. The molecule has 84 valence electrons. The highest BCUT2D eigenvalue weighted by Crippen LogP contribution is 2.13. The van der Waals surface area contributed by atoms with E-state index in [2.05, 4.69) is 18.8 Å². The second kappa shape index (κ2) is 6.34. The van der Waals surface area contributed by atoms with Gasteiger partial charge in [-0.15, -0.1) is 11.8 Å². The Labute approximate surface area is 91.8 Å². The van der Waals surface area contributed by atoms with Crippen LogP contribution in [0.1, 0.15) is 39.0 Å². The summed E-state index contributed by atoms with van der Waals surface area (Å²) in [5.74, 6) is 6.07. The normalized spacial score (nSPS) is 18.9. The Hall–Kier alpha value is -1.17. The molecule has 3 nitrogen and oxygen atoms in total. The van der Waals surface area contributed by atoms with Gasteiger partial charge in [-0.25, -0.2) is 4.79 Å². The van der Waals surface area contributed by atoms with E-state index in [4.69, 9.17) is 4.74 Å². The molecule has 0 saturated heterocycles. The van der Waals surface area contributed by atoms with Crippen molar-refractivity contribution in [2.75, 3.05) is 13.7 Å². The molecule has 0 aliphatic heterocycles. The molecule has 1 rings (SSSR count). The van der Waals surface area contributed by atoms with Crippen molar-refractivity contribution in [1.82, 2.24) is 4.90 Å². The fraction of sp³-hybridized carbons (Fsp3) is 0.750. The first-order valence-corrected chi connectivity index (χ1v) is 5.61. The highest BCUT2D eigenvalue weighted by molar-refractivity contribution is 5.67. The average molecular weight is 209 g/mol. The molecule has 1 aliphatic rings. The highest BCUT2D eigenvalue weighted by atomic mass is 16.6. The van der Waals surface area contributed by atoms with E-state index >= 15 is 0 Å². The Balaban J connectivity index is 2.29. The summed E-state index contributed by atoms with van der Waals surface area (Å²) in [6, 6.07) is 0.236. The molecule has 0 saturated carbocycles. The molecule has 0 fully saturated rings. The SMILES string of the molecule is CCCCOC(=O)N(C)C1CC#CCC1. The Kier molecular flexibility index (Phi) is 5.03. The fourth-order valence-electron chi connectivity index (χ4n) is 1.50. The van der Waals surface area contributed by atoms with Gasteiger partial charge in [0.15, 0.2) is 0 Å². The second-order valence-corrected chi connectivity index (χ2v) is 3.83. The van der Waals surface area contributed by atoms with Crippen LogP contribution in [0.15, 0.2) is 0 Å². The van der Waals surface area contributed by atoms with Crippen LogP contribution in [-0.2, 0) is 4.74 Å². The van der Waals surface area contributed by atoms with Crippen LogP contribution in [0.3, 0.4) is 0 Å². The molecule has 0 aromatic heterocycles. The van der Waals surface area contributed by atoms with Crippen molar-refractivity contribution < 1.29 is 9.53 Å². The summed E-state index contributed by atoms with van der Waals surface area (Å²) in [5, 5.41) is 0. The van der Waals surface area contributed by atoms with Gasteiger partial charge in [0.05, 0.1) is 6.61 Å². The van der Waals surface area contributed by atoms with Gasteiger partial charge in [-0.3, -0.25) is 0 Å². The Bertz CT molecular complexity index is 265. The molecule has 0 N–H and O–H groups in total. The molecular weight excluding hydrogens is 190 g/mol. The lowest BCUT2D eigenvalue weighted by Crippen LogP contribution is -2.38. The quantitative estimate of drug-likeness (QED) is 0.525. The predicted octanol–water partition coefficient (Wildman–Crippen LogP) is 2.41. The number of ether oxygens (including phenoxy) is 1. The first-order chi connectivity index (χ1) is 7.25. The molecule has 15 heavy (non-hydrogen) atoms. The van der Waals surface area contributed by atoms with Crippen LogP contribution in [0.4, 0.5) is 4.79 Å². The number of rotatable bonds is 4. The van der Waals surface area contributed by atoms with Gasteiger partial charge in [-0.2, -0.15) is 0 Å². The number of hydrogen-bond acceptors (Lipinski definition) is 2. The fourth-order valence-corrected chi connectivity index (χ4v) is 1.50. The molecule has 1 aliphatic carbocycles. The number of nitrogens with zero attached hydrogens (tertiary/aromatic N) is 1. The molecule has 0 heterocycles. The van der Waals surface area contributed by atoms with Crippen molar-refractivity contribution in [3.63, 3.8) is 0 Å². The molecule has 0 aromatic rings. The third-order valence-corrected chi connectivity index (χ3v) is 2.62. The monoisotopic (exact) mass is 209 g/mol. The minimum absolute atomic E-state index is 0.211. The molecular formula is C12H19NO2. The van der Waals surface area contributed by atoms with Crippen LogP contribution >= 0.6 is 0 Å². The first-order valence-electron chi connectivity index (χ1n) is 5.61. The second-order valence-electron chi connectivity index (χ2n) is 3.83. The van der Waals surface area contributed by atoms with Crippen LogP contribution < -0.4 is 0 Å². The maximum atomic E-state index is 11.6. The van der Waals surface area contributed by atoms with Crippen LogP contribution in [0, 0.1) is 11.8 Å². The Morgan fingerprint density at radius 3 is 2.93 bits per heavy atom. The van der Waals surface area contributed by atoms with Gasteiger partial charge in [0.1, 0.15) is 0 Å². The van der Waals surface area contributed by atoms with Gasteiger partial charge >= 0.3 is 6.09 Å². The van der Waals surface area contributed by atoms with Crippen LogP contribution in [-0.4, -0.2) is 30.7 Å². The van der Waals surface area contributed by atoms with E-state index in [1.165, 1.54) is 0 Å². The molecule has 0 aromatic carbocycles. The summed E-state index contributed by atoms with van der Waals surface area (Å²) in [6.45, 7) is 2.60. The standard InChI is InChI=1S/C12H19NO2/c1-3-4-10-15-12(14)13(2)11-8-6-5-7-9-11/h11H,3-4,6,8-10H2,1-2H3. The zero-order valence-electron chi connectivity index (χ0n) is 9.58. The van der Waals surface area contributed by atoms with Gasteiger partial charge in [0, 0.05) is 25.9 Å². The summed E-state index contributed by atoms with van der Waals surface area (Å²) < 4.78 is 5.14. The summed E-state index contributed by atoms with van der Waals surface area (Å²) in [5.41, 5.74) is 0. The maximum absolute atomic E-state index is 11.6. The molecule has 1 amide bonds.